The first-order valence-electron chi connectivity index (χ1n) is 13.3. The number of aliphatic hydroxyl groups is 1. The van der Waals surface area contributed by atoms with Crippen molar-refractivity contribution in [3.05, 3.63) is 63.2 Å². The molecule has 2 aromatic carbocycles. The van der Waals surface area contributed by atoms with Crippen molar-refractivity contribution in [1.82, 2.24) is 4.72 Å². The molecule has 0 atom stereocenters. The van der Waals surface area contributed by atoms with E-state index in [4.69, 9.17) is 4.18 Å². The molecule has 0 bridgehead atoms. The summed E-state index contributed by atoms with van der Waals surface area (Å²) < 4.78 is 33.9. The minimum absolute atomic E-state index is 0.0495. The number of amides is 1. The number of hydrogen-bond donors (Lipinski definition) is 2. The number of benzene rings is 2. The Kier molecular flexibility index (Phi) is 10.4. The van der Waals surface area contributed by atoms with Gasteiger partial charge in [0.2, 0.25) is 5.91 Å². The summed E-state index contributed by atoms with van der Waals surface area (Å²) in [4.78, 5) is 13.1. The van der Waals surface area contributed by atoms with Crippen LogP contribution in [0.15, 0.2) is 24.3 Å². The second-order valence-corrected chi connectivity index (χ2v) is 12.7. The molecule has 206 valence electrons. The zero-order valence-electron chi connectivity index (χ0n) is 24.1. The van der Waals surface area contributed by atoms with E-state index in [2.05, 4.69) is 58.4 Å². The summed E-state index contributed by atoms with van der Waals surface area (Å²) in [5.74, 6) is 0.185. The van der Waals surface area contributed by atoms with E-state index < -0.39 is 16.2 Å². The highest BCUT2D eigenvalue weighted by molar-refractivity contribution is 7.85. The van der Waals surface area contributed by atoms with Gasteiger partial charge >= 0.3 is 10.3 Å². The molecule has 0 aliphatic heterocycles. The Balaban J connectivity index is 2.45. The molecule has 0 aromatic heterocycles. The first-order chi connectivity index (χ1) is 17.1. The fourth-order valence-electron chi connectivity index (χ4n) is 4.56. The molecule has 1 amide bonds. The van der Waals surface area contributed by atoms with Crippen molar-refractivity contribution in [1.29, 1.82) is 0 Å². The lowest BCUT2D eigenvalue weighted by Crippen LogP contribution is -2.36. The van der Waals surface area contributed by atoms with E-state index in [0.717, 1.165) is 16.7 Å². The van der Waals surface area contributed by atoms with Crippen LogP contribution in [-0.2, 0) is 28.1 Å². The first kappa shape index (κ1) is 30.8. The van der Waals surface area contributed by atoms with Crippen LogP contribution in [0.4, 0.5) is 0 Å². The van der Waals surface area contributed by atoms with Crippen LogP contribution in [-0.4, -0.2) is 19.4 Å². The summed E-state index contributed by atoms with van der Waals surface area (Å²) in [5.41, 5.74) is 6.23. The van der Waals surface area contributed by atoms with Crippen LogP contribution in [0.25, 0.3) is 0 Å². The molecule has 2 rings (SSSR count). The van der Waals surface area contributed by atoms with E-state index in [9.17, 15) is 18.3 Å². The van der Waals surface area contributed by atoms with Gasteiger partial charge in [0.15, 0.2) is 5.75 Å². The molecule has 0 fully saturated rings. The number of carbonyl (C=O) groups is 1. The maximum absolute atomic E-state index is 13.1. The predicted octanol–water partition coefficient (Wildman–Crippen LogP) is 6.78. The molecule has 37 heavy (non-hydrogen) atoms. The molecule has 2 N–H and O–H groups in total. The highest BCUT2D eigenvalue weighted by Gasteiger charge is 2.26. The van der Waals surface area contributed by atoms with E-state index in [-0.39, 0.29) is 42.4 Å². The largest absolute Gasteiger partial charge is 0.409 e. The molecule has 0 aliphatic rings. The summed E-state index contributed by atoms with van der Waals surface area (Å²) in [7, 11) is -4.44. The predicted molar refractivity (Wildman–Crippen MR) is 151 cm³/mol. The van der Waals surface area contributed by atoms with E-state index in [0.29, 0.717) is 22.6 Å². The van der Waals surface area contributed by atoms with Gasteiger partial charge in [-0.25, -0.2) is 4.72 Å². The van der Waals surface area contributed by atoms with E-state index in [1.807, 2.05) is 27.7 Å². The molecule has 7 heteroatoms. The van der Waals surface area contributed by atoms with Gasteiger partial charge in [0.1, 0.15) is 0 Å². The third-order valence-electron chi connectivity index (χ3n) is 6.65. The van der Waals surface area contributed by atoms with Crippen LogP contribution in [0.2, 0.25) is 0 Å². The number of aliphatic hydroxyl groups excluding tert-OH is 1. The molecule has 0 unspecified atom stereocenters. The Hall–Kier alpha value is -2.38. The van der Waals surface area contributed by atoms with Gasteiger partial charge in [-0.3, -0.25) is 4.79 Å². The van der Waals surface area contributed by atoms with Crippen LogP contribution in [0.5, 0.6) is 5.75 Å². The maximum Gasteiger partial charge on any atom is 0.409 e. The van der Waals surface area contributed by atoms with Gasteiger partial charge in [0.05, 0.1) is 13.0 Å². The average Bonchev–Trinajstić information content (AvgIpc) is 2.77. The summed E-state index contributed by atoms with van der Waals surface area (Å²) >= 11 is 0. The average molecular weight is 532 g/mol. The summed E-state index contributed by atoms with van der Waals surface area (Å²) in [6.45, 7) is 20.2. The Morgan fingerprint density at radius 1 is 0.757 bits per heavy atom. The topological polar surface area (TPSA) is 92.7 Å². The summed E-state index contributed by atoms with van der Waals surface area (Å²) in [6, 6.07) is 7.79. The number of nitrogens with one attached hydrogen (secondary N) is 1. The standard InChI is InChI=1S/C30H45NO5S/c1-17(2)23-13-24(18(3)4)28(25(14-23)19(5)6)15-29(33)31-37(34,35)36-30-26(20(7)8)11-22(16-32)12-27(30)21(9)10/h11-14,17-21,32H,15-16H2,1-10H3,(H,31,33). The Morgan fingerprint density at radius 3 is 1.54 bits per heavy atom. The fourth-order valence-corrected chi connectivity index (χ4v) is 5.36. The fraction of sp³-hybridized carbons (Fsp3) is 0.567. The van der Waals surface area contributed by atoms with Crippen molar-refractivity contribution >= 4 is 16.2 Å². The molecule has 0 spiro atoms. The Bertz CT molecular complexity index is 1150. The number of rotatable bonds is 11. The maximum atomic E-state index is 13.1. The Labute approximate surface area is 224 Å². The zero-order chi connectivity index (χ0) is 28.2. The lowest BCUT2D eigenvalue weighted by atomic mass is 9.83. The van der Waals surface area contributed by atoms with Crippen molar-refractivity contribution in [2.45, 2.75) is 112 Å². The van der Waals surface area contributed by atoms with Crippen LogP contribution in [0.1, 0.15) is 138 Å². The first-order valence-corrected chi connectivity index (χ1v) is 14.7. The smallest absolute Gasteiger partial charge is 0.392 e. The molecular weight excluding hydrogens is 486 g/mol. The minimum atomic E-state index is -4.44. The van der Waals surface area contributed by atoms with Crippen molar-refractivity contribution in [2.75, 3.05) is 0 Å². The second kappa shape index (κ2) is 12.4. The van der Waals surface area contributed by atoms with Gasteiger partial charge in [-0.2, -0.15) is 8.42 Å². The molecule has 2 aromatic rings. The van der Waals surface area contributed by atoms with Gasteiger partial charge < -0.3 is 9.29 Å². The molecule has 0 saturated heterocycles. The summed E-state index contributed by atoms with van der Waals surface area (Å²) in [5, 5.41) is 9.69. The van der Waals surface area contributed by atoms with Crippen LogP contribution < -0.4 is 8.91 Å². The molecule has 0 aliphatic carbocycles. The lowest BCUT2D eigenvalue weighted by molar-refractivity contribution is -0.118. The monoisotopic (exact) mass is 531 g/mol. The van der Waals surface area contributed by atoms with Crippen molar-refractivity contribution in [3.63, 3.8) is 0 Å². The van der Waals surface area contributed by atoms with Crippen LogP contribution >= 0.6 is 0 Å². The van der Waals surface area contributed by atoms with Crippen molar-refractivity contribution < 1.29 is 22.5 Å². The molecule has 0 heterocycles. The van der Waals surface area contributed by atoms with Gasteiger partial charge in [0, 0.05) is 0 Å². The molecule has 0 radical (unpaired) electrons. The quantitative estimate of drug-likeness (QED) is 0.333. The lowest BCUT2D eigenvalue weighted by Gasteiger charge is -2.23. The van der Waals surface area contributed by atoms with E-state index in [1.165, 1.54) is 5.56 Å². The SMILES string of the molecule is CC(C)c1cc(C(C)C)c(CC(=O)NS(=O)(=O)Oc2c(C(C)C)cc(CO)cc2C(C)C)c(C(C)C)c1. The second-order valence-electron chi connectivity index (χ2n) is 11.5. The number of hydrogen-bond acceptors (Lipinski definition) is 5. The van der Waals surface area contributed by atoms with Gasteiger partial charge in [-0.1, -0.05) is 81.4 Å². The number of carbonyl (C=O) groups excluding carboxylic acids is 1. The molecule has 6 nitrogen and oxygen atoms in total. The third-order valence-corrected chi connectivity index (χ3v) is 7.52. The van der Waals surface area contributed by atoms with E-state index in [1.54, 1.807) is 12.1 Å². The highest BCUT2D eigenvalue weighted by Crippen LogP contribution is 2.37. The summed E-state index contributed by atoms with van der Waals surface area (Å²) in [6.07, 6.45) is -0.0560. The highest BCUT2D eigenvalue weighted by atomic mass is 32.2. The minimum Gasteiger partial charge on any atom is -0.392 e. The van der Waals surface area contributed by atoms with Gasteiger partial charge in [-0.15, -0.1) is 0 Å². The zero-order valence-corrected chi connectivity index (χ0v) is 24.9. The van der Waals surface area contributed by atoms with Gasteiger partial charge in [-0.05, 0) is 80.7 Å². The van der Waals surface area contributed by atoms with Crippen LogP contribution in [0.3, 0.4) is 0 Å². The van der Waals surface area contributed by atoms with Crippen molar-refractivity contribution in [3.8, 4) is 5.75 Å². The van der Waals surface area contributed by atoms with Gasteiger partial charge in [0.25, 0.3) is 0 Å². The normalized spacial score (nSPS) is 12.3. The molecular formula is C30H45NO5S. The molecule has 0 saturated carbocycles. The van der Waals surface area contributed by atoms with Crippen LogP contribution in [0, 0.1) is 0 Å². The van der Waals surface area contributed by atoms with E-state index >= 15 is 0 Å². The third kappa shape index (κ3) is 7.81. The Morgan fingerprint density at radius 2 is 1.19 bits per heavy atom. The van der Waals surface area contributed by atoms with Crippen molar-refractivity contribution in [2.24, 2.45) is 0 Å².